The van der Waals surface area contributed by atoms with Gasteiger partial charge in [0, 0.05) is 39.5 Å². The molecular formula is C58H56N2. The first-order valence-electron chi connectivity index (χ1n) is 21.3. The highest BCUT2D eigenvalue weighted by atomic mass is 15.1. The van der Waals surface area contributed by atoms with Crippen molar-refractivity contribution in [3.63, 3.8) is 0 Å². The summed E-state index contributed by atoms with van der Waals surface area (Å²) in [5, 5.41) is 0. The third-order valence-electron chi connectivity index (χ3n) is 12.6. The van der Waals surface area contributed by atoms with E-state index in [1.807, 2.05) is 0 Å². The topological polar surface area (TPSA) is 6.48 Å². The lowest BCUT2D eigenvalue weighted by Crippen LogP contribution is -2.23. The van der Waals surface area contributed by atoms with Crippen LogP contribution < -0.4 is 9.80 Å². The first-order chi connectivity index (χ1) is 29.0. The van der Waals surface area contributed by atoms with Gasteiger partial charge in [0.25, 0.3) is 0 Å². The Kier molecular flexibility index (Phi) is 11.3. The quantitative estimate of drug-likeness (QED) is 0.129. The van der Waals surface area contributed by atoms with Crippen LogP contribution in [0.4, 0.5) is 34.1 Å². The van der Waals surface area contributed by atoms with E-state index in [0.29, 0.717) is 0 Å². The molecule has 8 rings (SSSR count). The second-order valence-electron chi connectivity index (χ2n) is 16.8. The second-order valence-corrected chi connectivity index (χ2v) is 16.8. The third-order valence-corrected chi connectivity index (χ3v) is 12.6. The van der Waals surface area contributed by atoms with Crippen molar-refractivity contribution in [3.05, 3.63) is 226 Å². The molecule has 2 nitrogen and oxygen atoms in total. The lowest BCUT2D eigenvalue weighted by atomic mass is 9.74. The molecule has 0 aliphatic carbocycles. The molecule has 8 aromatic rings. The number of anilines is 6. The molecule has 0 atom stereocenters. The summed E-state index contributed by atoms with van der Waals surface area (Å²) in [6, 6.07) is 67.3. The molecule has 0 saturated carbocycles. The van der Waals surface area contributed by atoms with Crippen LogP contribution in [0.25, 0.3) is 22.3 Å². The molecule has 298 valence electrons. The Morgan fingerprint density at radius 2 is 0.700 bits per heavy atom. The fourth-order valence-corrected chi connectivity index (χ4v) is 8.87. The largest absolute Gasteiger partial charge is 0.310 e. The summed E-state index contributed by atoms with van der Waals surface area (Å²) in [5.41, 5.74) is 21.9. The van der Waals surface area contributed by atoms with E-state index in [2.05, 4.69) is 247 Å². The van der Waals surface area contributed by atoms with E-state index in [1.165, 1.54) is 78.1 Å². The van der Waals surface area contributed by atoms with Crippen molar-refractivity contribution in [2.45, 2.75) is 67.2 Å². The van der Waals surface area contributed by atoms with Gasteiger partial charge in [-0.05, 0) is 164 Å². The normalized spacial score (nSPS) is 11.4. The van der Waals surface area contributed by atoms with Crippen LogP contribution in [-0.2, 0) is 5.41 Å². The highest BCUT2D eigenvalue weighted by molar-refractivity contribution is 5.82. The monoisotopic (exact) mass is 780 g/mol. The van der Waals surface area contributed by atoms with Crippen molar-refractivity contribution in [1.82, 2.24) is 0 Å². The predicted octanol–water partition coefficient (Wildman–Crippen LogP) is 16.5. The van der Waals surface area contributed by atoms with Crippen LogP contribution in [-0.4, -0.2) is 0 Å². The minimum atomic E-state index is -0.184. The fourth-order valence-electron chi connectivity index (χ4n) is 8.87. The molecule has 60 heavy (non-hydrogen) atoms. The molecule has 0 heterocycles. The van der Waals surface area contributed by atoms with E-state index in [4.69, 9.17) is 0 Å². The van der Waals surface area contributed by atoms with Gasteiger partial charge in [-0.15, -0.1) is 0 Å². The van der Waals surface area contributed by atoms with Crippen LogP contribution in [0.15, 0.2) is 182 Å². The summed E-state index contributed by atoms with van der Waals surface area (Å²) in [5.74, 6) is 0. The molecule has 0 bridgehead atoms. The lowest BCUT2D eigenvalue weighted by molar-refractivity contribution is 0.550. The molecule has 0 spiro atoms. The third kappa shape index (κ3) is 7.91. The van der Waals surface area contributed by atoms with Crippen molar-refractivity contribution in [3.8, 4) is 22.3 Å². The Labute approximate surface area is 358 Å². The zero-order valence-electron chi connectivity index (χ0n) is 36.4. The van der Waals surface area contributed by atoms with Gasteiger partial charge in [-0.1, -0.05) is 146 Å². The van der Waals surface area contributed by atoms with Crippen LogP contribution in [0.1, 0.15) is 64.8 Å². The van der Waals surface area contributed by atoms with E-state index >= 15 is 0 Å². The maximum atomic E-state index is 2.40. The van der Waals surface area contributed by atoms with Crippen molar-refractivity contribution >= 4 is 34.1 Å². The van der Waals surface area contributed by atoms with Crippen molar-refractivity contribution in [1.29, 1.82) is 0 Å². The van der Waals surface area contributed by atoms with Gasteiger partial charge in [0.1, 0.15) is 0 Å². The minimum Gasteiger partial charge on any atom is -0.310 e. The second kappa shape index (κ2) is 16.9. The van der Waals surface area contributed by atoms with Gasteiger partial charge in [0.2, 0.25) is 0 Å². The van der Waals surface area contributed by atoms with Crippen molar-refractivity contribution in [2.24, 2.45) is 0 Å². The maximum absolute atomic E-state index is 2.40. The molecule has 0 N–H and O–H groups in total. The smallest absolute Gasteiger partial charge is 0.0490 e. The minimum absolute atomic E-state index is 0.184. The van der Waals surface area contributed by atoms with Gasteiger partial charge < -0.3 is 9.80 Å². The number of rotatable bonds is 11. The maximum Gasteiger partial charge on any atom is 0.0490 e. The van der Waals surface area contributed by atoms with Gasteiger partial charge in [-0.3, -0.25) is 0 Å². The molecule has 0 saturated heterocycles. The Morgan fingerprint density at radius 1 is 0.367 bits per heavy atom. The van der Waals surface area contributed by atoms with Crippen LogP contribution >= 0.6 is 0 Å². The van der Waals surface area contributed by atoms with E-state index in [-0.39, 0.29) is 5.41 Å². The summed E-state index contributed by atoms with van der Waals surface area (Å²) >= 11 is 0. The fraction of sp³-hybridized carbons (Fsp3) is 0.172. The number of benzene rings is 8. The molecule has 0 unspecified atom stereocenters. The molecule has 0 aromatic heterocycles. The van der Waals surface area contributed by atoms with Gasteiger partial charge in [-0.25, -0.2) is 0 Å². The number of hydrogen-bond donors (Lipinski definition) is 0. The Balaban J connectivity index is 1.13. The molecule has 0 radical (unpaired) electrons. The summed E-state index contributed by atoms with van der Waals surface area (Å²) in [6.45, 7) is 17.8. The van der Waals surface area contributed by atoms with Gasteiger partial charge in [0.05, 0.1) is 0 Å². The molecule has 2 heteroatoms. The summed E-state index contributed by atoms with van der Waals surface area (Å²) in [6.07, 6.45) is 0.966. The van der Waals surface area contributed by atoms with Gasteiger partial charge in [0.15, 0.2) is 0 Å². The Bertz CT molecular complexity index is 2550. The van der Waals surface area contributed by atoms with E-state index in [9.17, 15) is 0 Å². The van der Waals surface area contributed by atoms with Crippen LogP contribution in [0, 0.1) is 41.5 Å². The molecular weight excluding hydrogens is 725 g/mol. The first kappa shape index (κ1) is 40.2. The van der Waals surface area contributed by atoms with Gasteiger partial charge in [-0.2, -0.15) is 0 Å². The van der Waals surface area contributed by atoms with Gasteiger partial charge >= 0.3 is 0 Å². The van der Waals surface area contributed by atoms with Crippen LogP contribution in [0.2, 0.25) is 0 Å². The standard InChI is InChI=1S/C58H56N2/c1-9-58(8,48-24-32-52(33-25-48)59(56-36-18-40(2)38-44(56)6)50-28-20-46(21-29-50)54-16-12-10-14-42(54)4)49-26-34-53(35-27-49)60(57-37-19-41(3)39-45(57)7)51-30-22-47(23-31-51)55-17-13-11-15-43(55)5/h10-39H,9H2,1-8H3. The summed E-state index contributed by atoms with van der Waals surface area (Å²) < 4.78 is 0. The molecule has 0 fully saturated rings. The van der Waals surface area contributed by atoms with Crippen molar-refractivity contribution in [2.75, 3.05) is 9.80 Å². The lowest BCUT2D eigenvalue weighted by Gasteiger charge is -2.33. The first-order valence-corrected chi connectivity index (χ1v) is 21.3. The summed E-state index contributed by atoms with van der Waals surface area (Å²) in [4.78, 5) is 4.79. The van der Waals surface area contributed by atoms with Crippen molar-refractivity contribution < 1.29 is 0 Å². The number of nitrogens with zero attached hydrogens (tertiary/aromatic N) is 2. The zero-order chi connectivity index (χ0) is 42.0. The molecule has 0 amide bonds. The molecule has 8 aromatic carbocycles. The summed E-state index contributed by atoms with van der Waals surface area (Å²) in [7, 11) is 0. The zero-order valence-corrected chi connectivity index (χ0v) is 36.4. The predicted molar refractivity (Wildman–Crippen MR) is 258 cm³/mol. The van der Waals surface area contributed by atoms with E-state index in [1.54, 1.807) is 0 Å². The highest BCUT2D eigenvalue weighted by Crippen LogP contribution is 2.43. The average Bonchev–Trinajstić information content (AvgIpc) is 3.26. The molecule has 0 aliphatic rings. The number of aryl methyl sites for hydroxylation is 6. The Morgan fingerprint density at radius 3 is 1.02 bits per heavy atom. The van der Waals surface area contributed by atoms with Crippen LogP contribution in [0.5, 0.6) is 0 Å². The number of hydrogen-bond acceptors (Lipinski definition) is 2. The van der Waals surface area contributed by atoms with E-state index < -0.39 is 0 Å². The SMILES string of the molecule is CCC(C)(c1ccc(N(c2ccc(-c3ccccc3C)cc2)c2ccc(C)cc2C)cc1)c1ccc(N(c2ccc(-c3ccccc3C)cc2)c2ccc(C)cc2C)cc1. The average molecular weight is 781 g/mol. The Hall–Kier alpha value is -6.64. The molecule has 0 aliphatic heterocycles. The highest BCUT2D eigenvalue weighted by Gasteiger charge is 2.28. The van der Waals surface area contributed by atoms with Crippen LogP contribution in [0.3, 0.4) is 0 Å². The van der Waals surface area contributed by atoms with E-state index in [0.717, 1.165) is 29.2 Å².